The highest BCUT2D eigenvalue weighted by atomic mass is 16.1. The number of Topliss-reactive ketones (excluding diaryl/α,β-unsaturated/α-hetero) is 1. The van der Waals surface area contributed by atoms with E-state index < -0.39 is 0 Å². The van der Waals surface area contributed by atoms with E-state index in [0.717, 1.165) is 12.1 Å². The summed E-state index contributed by atoms with van der Waals surface area (Å²) in [5.74, 6) is 0.218. The molecule has 0 radical (unpaired) electrons. The molecule has 1 fully saturated rings. The van der Waals surface area contributed by atoms with E-state index >= 15 is 0 Å². The molecular formula is C16H24N2O. The van der Waals surface area contributed by atoms with Crippen molar-refractivity contribution in [1.82, 2.24) is 9.80 Å². The van der Waals surface area contributed by atoms with Gasteiger partial charge in [-0.2, -0.15) is 0 Å². The van der Waals surface area contributed by atoms with E-state index in [2.05, 4.69) is 23.9 Å². The summed E-state index contributed by atoms with van der Waals surface area (Å²) in [5.41, 5.74) is 2.01. The molecule has 0 spiro atoms. The van der Waals surface area contributed by atoms with Crippen molar-refractivity contribution in [3.63, 3.8) is 0 Å². The zero-order valence-corrected chi connectivity index (χ0v) is 12.2. The van der Waals surface area contributed by atoms with Gasteiger partial charge in [0.25, 0.3) is 0 Å². The Labute approximate surface area is 116 Å². The molecule has 3 heteroatoms. The molecule has 1 aliphatic heterocycles. The second-order valence-corrected chi connectivity index (χ2v) is 5.76. The Morgan fingerprint density at radius 3 is 2.68 bits per heavy atom. The molecule has 1 saturated heterocycles. The van der Waals surface area contributed by atoms with E-state index in [4.69, 9.17) is 0 Å². The molecule has 0 N–H and O–H groups in total. The normalized spacial score (nSPS) is 20.7. The van der Waals surface area contributed by atoms with Gasteiger partial charge in [-0.05, 0) is 40.4 Å². The van der Waals surface area contributed by atoms with Crippen LogP contribution in [0.3, 0.4) is 0 Å². The first-order valence-corrected chi connectivity index (χ1v) is 7.05. The average Bonchev–Trinajstić information content (AvgIpc) is 2.39. The van der Waals surface area contributed by atoms with Gasteiger partial charge < -0.3 is 4.90 Å². The number of carbonyl (C=O) groups is 1. The minimum absolute atomic E-state index is 0.218. The standard InChI is InChI=1S/C16H24N2O/c1-13-6-8-14(9-7-13)16(19)12-18(3)15-5-4-10-17(2)11-15/h6-9,15H,4-5,10-12H2,1-3H3. The maximum atomic E-state index is 12.2. The minimum Gasteiger partial charge on any atom is -0.305 e. The van der Waals surface area contributed by atoms with Crippen LogP contribution in [0.4, 0.5) is 0 Å². The minimum atomic E-state index is 0.218. The zero-order valence-electron chi connectivity index (χ0n) is 12.2. The zero-order chi connectivity index (χ0) is 13.8. The third-order valence-corrected chi connectivity index (χ3v) is 3.99. The Hall–Kier alpha value is -1.19. The third kappa shape index (κ3) is 3.88. The first-order chi connectivity index (χ1) is 9.06. The van der Waals surface area contributed by atoms with E-state index in [9.17, 15) is 4.79 Å². The third-order valence-electron chi connectivity index (χ3n) is 3.99. The van der Waals surface area contributed by atoms with Crippen LogP contribution < -0.4 is 0 Å². The molecule has 1 atom stereocenters. The maximum Gasteiger partial charge on any atom is 0.176 e. The lowest BCUT2D eigenvalue weighted by Gasteiger charge is -2.35. The van der Waals surface area contributed by atoms with Crippen molar-refractivity contribution < 1.29 is 4.79 Å². The SMILES string of the molecule is Cc1ccc(C(=O)CN(C)C2CCCN(C)C2)cc1. The van der Waals surface area contributed by atoms with E-state index in [0.29, 0.717) is 12.6 Å². The molecule has 1 aromatic rings. The van der Waals surface area contributed by atoms with Crippen LogP contribution in [-0.4, -0.2) is 55.4 Å². The quantitative estimate of drug-likeness (QED) is 0.775. The number of likely N-dealkylation sites (N-methyl/N-ethyl adjacent to an activating group) is 2. The molecule has 0 aliphatic carbocycles. The molecule has 1 aromatic carbocycles. The van der Waals surface area contributed by atoms with Crippen LogP contribution in [0.5, 0.6) is 0 Å². The van der Waals surface area contributed by atoms with Crippen LogP contribution in [0, 0.1) is 6.92 Å². The fourth-order valence-corrected chi connectivity index (χ4v) is 2.69. The fourth-order valence-electron chi connectivity index (χ4n) is 2.69. The predicted molar refractivity (Wildman–Crippen MR) is 78.7 cm³/mol. The van der Waals surface area contributed by atoms with Crippen molar-refractivity contribution in [3.8, 4) is 0 Å². The molecule has 0 aromatic heterocycles. The fraction of sp³-hybridized carbons (Fsp3) is 0.562. The lowest BCUT2D eigenvalue weighted by Crippen LogP contribution is -2.46. The Morgan fingerprint density at radius 1 is 1.37 bits per heavy atom. The number of hydrogen-bond donors (Lipinski definition) is 0. The average molecular weight is 260 g/mol. The first kappa shape index (κ1) is 14.2. The van der Waals surface area contributed by atoms with Gasteiger partial charge in [0.2, 0.25) is 0 Å². The number of hydrogen-bond acceptors (Lipinski definition) is 3. The smallest absolute Gasteiger partial charge is 0.176 e. The lowest BCUT2D eigenvalue weighted by molar-refractivity contribution is 0.0857. The highest BCUT2D eigenvalue weighted by Crippen LogP contribution is 2.14. The molecule has 2 rings (SSSR count). The van der Waals surface area contributed by atoms with Gasteiger partial charge in [0.15, 0.2) is 5.78 Å². The number of nitrogens with zero attached hydrogens (tertiary/aromatic N) is 2. The molecule has 3 nitrogen and oxygen atoms in total. The number of piperidine rings is 1. The topological polar surface area (TPSA) is 23.6 Å². The summed E-state index contributed by atoms with van der Waals surface area (Å²) < 4.78 is 0. The summed E-state index contributed by atoms with van der Waals surface area (Å²) >= 11 is 0. The van der Waals surface area contributed by atoms with Crippen LogP contribution in [0.15, 0.2) is 24.3 Å². The Balaban J connectivity index is 1.92. The second kappa shape index (κ2) is 6.31. The largest absolute Gasteiger partial charge is 0.305 e. The van der Waals surface area contributed by atoms with Crippen molar-refractivity contribution in [2.75, 3.05) is 33.7 Å². The van der Waals surface area contributed by atoms with Gasteiger partial charge in [-0.25, -0.2) is 0 Å². The van der Waals surface area contributed by atoms with Crippen molar-refractivity contribution in [2.24, 2.45) is 0 Å². The number of likely N-dealkylation sites (tertiary alicyclic amines) is 1. The van der Waals surface area contributed by atoms with Crippen molar-refractivity contribution in [2.45, 2.75) is 25.8 Å². The molecule has 0 bridgehead atoms. The number of benzene rings is 1. The highest BCUT2D eigenvalue weighted by molar-refractivity contribution is 5.97. The van der Waals surface area contributed by atoms with E-state index in [1.165, 1.54) is 24.9 Å². The van der Waals surface area contributed by atoms with Gasteiger partial charge in [-0.1, -0.05) is 29.8 Å². The van der Waals surface area contributed by atoms with Crippen molar-refractivity contribution in [3.05, 3.63) is 35.4 Å². The molecule has 104 valence electrons. The second-order valence-electron chi connectivity index (χ2n) is 5.76. The van der Waals surface area contributed by atoms with Crippen LogP contribution in [0.1, 0.15) is 28.8 Å². The van der Waals surface area contributed by atoms with Gasteiger partial charge in [0, 0.05) is 18.2 Å². The molecule has 1 heterocycles. The van der Waals surface area contributed by atoms with Gasteiger partial charge in [-0.15, -0.1) is 0 Å². The highest BCUT2D eigenvalue weighted by Gasteiger charge is 2.22. The Bertz CT molecular complexity index is 427. The van der Waals surface area contributed by atoms with Crippen LogP contribution in [0.25, 0.3) is 0 Å². The Morgan fingerprint density at radius 2 is 2.05 bits per heavy atom. The first-order valence-electron chi connectivity index (χ1n) is 7.05. The molecule has 0 saturated carbocycles. The monoisotopic (exact) mass is 260 g/mol. The predicted octanol–water partition coefficient (Wildman–Crippen LogP) is 2.20. The van der Waals surface area contributed by atoms with Gasteiger partial charge in [0.1, 0.15) is 0 Å². The van der Waals surface area contributed by atoms with Crippen molar-refractivity contribution in [1.29, 1.82) is 0 Å². The summed E-state index contributed by atoms with van der Waals surface area (Å²) in [7, 11) is 4.22. The van der Waals surface area contributed by atoms with E-state index in [-0.39, 0.29) is 5.78 Å². The molecule has 1 aliphatic rings. The van der Waals surface area contributed by atoms with Crippen LogP contribution >= 0.6 is 0 Å². The van der Waals surface area contributed by atoms with Crippen molar-refractivity contribution >= 4 is 5.78 Å². The summed E-state index contributed by atoms with van der Waals surface area (Å²) in [6, 6.07) is 8.37. The summed E-state index contributed by atoms with van der Waals surface area (Å²) in [6.07, 6.45) is 2.42. The van der Waals surface area contributed by atoms with Gasteiger partial charge in [0.05, 0.1) is 6.54 Å². The molecule has 0 amide bonds. The number of carbonyl (C=O) groups excluding carboxylic acids is 1. The van der Waals surface area contributed by atoms with E-state index in [1.54, 1.807) is 0 Å². The number of aryl methyl sites for hydroxylation is 1. The Kier molecular flexibility index (Phi) is 4.72. The summed E-state index contributed by atoms with van der Waals surface area (Å²) in [6.45, 7) is 4.80. The molecule has 1 unspecified atom stereocenters. The van der Waals surface area contributed by atoms with Gasteiger partial charge in [-0.3, -0.25) is 9.69 Å². The summed E-state index contributed by atoms with van der Waals surface area (Å²) in [4.78, 5) is 16.8. The lowest BCUT2D eigenvalue weighted by atomic mass is 10.0. The van der Waals surface area contributed by atoms with Gasteiger partial charge >= 0.3 is 0 Å². The maximum absolute atomic E-state index is 12.2. The molecule has 19 heavy (non-hydrogen) atoms. The number of rotatable bonds is 4. The summed E-state index contributed by atoms with van der Waals surface area (Å²) in [5, 5.41) is 0. The van der Waals surface area contributed by atoms with E-state index in [1.807, 2.05) is 31.2 Å². The molecular weight excluding hydrogens is 236 g/mol. The number of ketones is 1. The van der Waals surface area contributed by atoms with Crippen LogP contribution in [-0.2, 0) is 0 Å². The van der Waals surface area contributed by atoms with Crippen LogP contribution in [0.2, 0.25) is 0 Å².